The second-order valence-corrected chi connectivity index (χ2v) is 5.00. The number of halogens is 2. The van der Waals surface area contributed by atoms with Crippen molar-refractivity contribution in [3.8, 4) is 0 Å². The Morgan fingerprint density at radius 3 is 1.60 bits per heavy atom. The number of hydrogen-bond acceptors (Lipinski definition) is 2. The SMILES string of the molecule is CC(CCCCCCCCCCC(=O)O)C(=O)O.Cl.Cl. The third-order valence-corrected chi connectivity index (χ3v) is 3.20. The lowest BCUT2D eigenvalue weighted by Gasteiger charge is -2.05. The average molecular weight is 331 g/mol. The smallest absolute Gasteiger partial charge is 0.306 e. The molecule has 0 radical (unpaired) electrons. The molecular formula is C14H28Cl2O4. The summed E-state index contributed by atoms with van der Waals surface area (Å²) in [7, 11) is 0. The van der Waals surface area contributed by atoms with Gasteiger partial charge in [0, 0.05) is 6.42 Å². The second-order valence-electron chi connectivity index (χ2n) is 5.00. The second kappa shape index (κ2) is 16.6. The Labute approximate surface area is 134 Å². The predicted octanol–water partition coefficient (Wildman–Crippen LogP) is 4.54. The Bertz CT molecular complexity index is 247. The Kier molecular flexibility index (Phi) is 20.3. The van der Waals surface area contributed by atoms with Crippen molar-refractivity contribution in [2.24, 2.45) is 5.92 Å². The van der Waals surface area contributed by atoms with E-state index in [0.29, 0.717) is 0 Å². The quantitative estimate of drug-likeness (QED) is 0.515. The summed E-state index contributed by atoms with van der Waals surface area (Å²) in [5, 5.41) is 17.2. The number of unbranched alkanes of at least 4 members (excludes halogenated alkanes) is 7. The van der Waals surface area contributed by atoms with Gasteiger partial charge in [0.25, 0.3) is 0 Å². The summed E-state index contributed by atoms with van der Waals surface area (Å²) in [6.07, 6.45) is 9.54. The molecule has 0 aromatic heterocycles. The van der Waals surface area contributed by atoms with Gasteiger partial charge in [-0.2, -0.15) is 0 Å². The first-order chi connectivity index (χ1) is 8.54. The van der Waals surface area contributed by atoms with Crippen molar-refractivity contribution in [3.05, 3.63) is 0 Å². The third kappa shape index (κ3) is 17.5. The monoisotopic (exact) mass is 330 g/mol. The molecule has 0 aliphatic carbocycles. The van der Waals surface area contributed by atoms with Crippen molar-refractivity contribution < 1.29 is 19.8 Å². The molecule has 0 aliphatic heterocycles. The zero-order chi connectivity index (χ0) is 13.8. The van der Waals surface area contributed by atoms with Gasteiger partial charge >= 0.3 is 11.9 Å². The first-order valence-corrected chi connectivity index (χ1v) is 6.98. The summed E-state index contributed by atoms with van der Waals surface area (Å²) in [5.41, 5.74) is 0. The molecule has 0 aromatic rings. The molecule has 1 unspecified atom stereocenters. The lowest BCUT2D eigenvalue weighted by molar-refractivity contribution is -0.141. The van der Waals surface area contributed by atoms with Crippen LogP contribution in [0.2, 0.25) is 0 Å². The van der Waals surface area contributed by atoms with E-state index in [1.54, 1.807) is 6.92 Å². The number of carboxylic acids is 2. The van der Waals surface area contributed by atoms with E-state index in [9.17, 15) is 9.59 Å². The fourth-order valence-electron chi connectivity index (χ4n) is 1.91. The molecule has 2 N–H and O–H groups in total. The summed E-state index contributed by atoms with van der Waals surface area (Å²) in [5.74, 6) is -1.63. The summed E-state index contributed by atoms with van der Waals surface area (Å²) in [6, 6.07) is 0. The highest BCUT2D eigenvalue weighted by Gasteiger charge is 2.09. The summed E-state index contributed by atoms with van der Waals surface area (Å²) in [6.45, 7) is 1.75. The molecule has 0 amide bonds. The first kappa shape index (κ1) is 24.5. The van der Waals surface area contributed by atoms with Crippen molar-refractivity contribution >= 4 is 36.8 Å². The highest BCUT2D eigenvalue weighted by Crippen LogP contribution is 2.13. The first-order valence-electron chi connectivity index (χ1n) is 6.98. The van der Waals surface area contributed by atoms with Gasteiger partial charge < -0.3 is 10.2 Å². The maximum Gasteiger partial charge on any atom is 0.306 e. The molecule has 0 aromatic carbocycles. The molecule has 0 bridgehead atoms. The minimum Gasteiger partial charge on any atom is -0.481 e. The third-order valence-electron chi connectivity index (χ3n) is 3.20. The minimum absolute atomic E-state index is 0. The van der Waals surface area contributed by atoms with Gasteiger partial charge in [-0.1, -0.05) is 51.9 Å². The lowest BCUT2D eigenvalue weighted by Crippen LogP contribution is -2.08. The molecule has 0 fully saturated rings. The summed E-state index contributed by atoms with van der Waals surface area (Å²) >= 11 is 0. The van der Waals surface area contributed by atoms with E-state index in [1.807, 2.05) is 0 Å². The number of rotatable bonds is 12. The van der Waals surface area contributed by atoms with E-state index < -0.39 is 11.9 Å². The molecular weight excluding hydrogens is 303 g/mol. The van der Waals surface area contributed by atoms with Crippen molar-refractivity contribution in [2.75, 3.05) is 0 Å². The topological polar surface area (TPSA) is 74.6 Å². The Balaban J connectivity index is -0.00000144. The summed E-state index contributed by atoms with van der Waals surface area (Å²) in [4.78, 5) is 20.8. The van der Waals surface area contributed by atoms with Crippen LogP contribution in [-0.2, 0) is 9.59 Å². The number of carboxylic acid groups (broad SMARTS) is 2. The van der Waals surface area contributed by atoms with Crippen molar-refractivity contribution in [2.45, 2.75) is 71.1 Å². The standard InChI is InChI=1S/C14H26O4.2ClH/c1-12(14(17)18)10-8-6-4-2-3-5-7-9-11-13(15)16;;/h12H,2-11H2,1H3,(H,15,16)(H,17,18);2*1H. The Hall–Kier alpha value is -0.480. The van der Waals surface area contributed by atoms with Crippen LogP contribution in [0.15, 0.2) is 0 Å². The van der Waals surface area contributed by atoms with Crippen LogP contribution in [-0.4, -0.2) is 22.2 Å². The summed E-state index contributed by atoms with van der Waals surface area (Å²) < 4.78 is 0. The zero-order valence-corrected chi connectivity index (χ0v) is 13.8. The molecule has 0 saturated carbocycles. The van der Waals surface area contributed by atoms with Gasteiger partial charge in [0.05, 0.1) is 5.92 Å². The molecule has 0 rings (SSSR count). The van der Waals surface area contributed by atoms with E-state index in [-0.39, 0.29) is 37.2 Å². The van der Waals surface area contributed by atoms with E-state index in [4.69, 9.17) is 10.2 Å². The van der Waals surface area contributed by atoms with Gasteiger partial charge in [-0.15, -0.1) is 24.8 Å². The van der Waals surface area contributed by atoms with Crippen LogP contribution in [0.1, 0.15) is 71.1 Å². The van der Waals surface area contributed by atoms with E-state index in [1.165, 1.54) is 6.42 Å². The number of hydrogen-bond donors (Lipinski definition) is 2. The van der Waals surface area contributed by atoms with Gasteiger partial charge in [-0.3, -0.25) is 9.59 Å². The maximum absolute atomic E-state index is 10.6. The Morgan fingerprint density at radius 1 is 0.800 bits per heavy atom. The van der Waals surface area contributed by atoms with E-state index >= 15 is 0 Å². The number of aliphatic carboxylic acids is 2. The van der Waals surface area contributed by atoms with Gasteiger partial charge in [-0.05, 0) is 12.8 Å². The fourth-order valence-corrected chi connectivity index (χ4v) is 1.91. The van der Waals surface area contributed by atoms with Gasteiger partial charge in [0.2, 0.25) is 0 Å². The van der Waals surface area contributed by atoms with Crippen LogP contribution in [0, 0.1) is 5.92 Å². The average Bonchev–Trinajstić information content (AvgIpc) is 2.30. The molecule has 0 heterocycles. The largest absolute Gasteiger partial charge is 0.481 e. The highest BCUT2D eigenvalue weighted by molar-refractivity contribution is 5.85. The highest BCUT2D eigenvalue weighted by atomic mass is 35.5. The molecule has 6 heteroatoms. The van der Waals surface area contributed by atoms with Crippen LogP contribution in [0.5, 0.6) is 0 Å². The van der Waals surface area contributed by atoms with Crippen LogP contribution in [0.3, 0.4) is 0 Å². The van der Waals surface area contributed by atoms with E-state index in [2.05, 4.69) is 0 Å². The molecule has 4 nitrogen and oxygen atoms in total. The number of carbonyl (C=O) groups is 2. The van der Waals surface area contributed by atoms with Crippen molar-refractivity contribution in [3.63, 3.8) is 0 Å². The molecule has 122 valence electrons. The molecule has 1 atom stereocenters. The fraction of sp³-hybridized carbons (Fsp3) is 0.857. The predicted molar refractivity (Wildman–Crippen MR) is 85.1 cm³/mol. The van der Waals surface area contributed by atoms with Gasteiger partial charge in [0.1, 0.15) is 0 Å². The molecule has 0 saturated heterocycles. The van der Waals surface area contributed by atoms with Crippen LogP contribution < -0.4 is 0 Å². The van der Waals surface area contributed by atoms with Gasteiger partial charge in [0.15, 0.2) is 0 Å². The van der Waals surface area contributed by atoms with Crippen LogP contribution in [0.25, 0.3) is 0 Å². The normalized spacial score (nSPS) is 11.1. The van der Waals surface area contributed by atoms with Crippen LogP contribution in [0.4, 0.5) is 0 Å². The maximum atomic E-state index is 10.6. The molecule has 0 spiro atoms. The van der Waals surface area contributed by atoms with Gasteiger partial charge in [-0.25, -0.2) is 0 Å². The molecule has 20 heavy (non-hydrogen) atoms. The lowest BCUT2D eigenvalue weighted by atomic mass is 10.0. The zero-order valence-electron chi connectivity index (χ0n) is 12.2. The van der Waals surface area contributed by atoms with Crippen LogP contribution >= 0.6 is 24.8 Å². The van der Waals surface area contributed by atoms with Crippen molar-refractivity contribution in [1.82, 2.24) is 0 Å². The minimum atomic E-state index is -0.706. The van der Waals surface area contributed by atoms with Crippen molar-refractivity contribution in [1.29, 1.82) is 0 Å². The molecule has 0 aliphatic rings. The Morgan fingerprint density at radius 2 is 1.20 bits per heavy atom. The van der Waals surface area contributed by atoms with E-state index in [0.717, 1.165) is 51.4 Å².